The fourth-order valence-corrected chi connectivity index (χ4v) is 1.51. The molecule has 0 saturated carbocycles. The Morgan fingerprint density at radius 3 is 2.76 bits per heavy atom. The van der Waals surface area contributed by atoms with Crippen molar-refractivity contribution in [1.29, 1.82) is 0 Å². The SMILES string of the molecule is O=C(O)c1ccc(C=CCCBr)c([N+](=O)[O-])c1. The van der Waals surface area contributed by atoms with Crippen molar-refractivity contribution >= 4 is 33.7 Å². The topological polar surface area (TPSA) is 80.4 Å². The molecule has 0 atom stereocenters. The predicted molar refractivity (Wildman–Crippen MR) is 67.5 cm³/mol. The van der Waals surface area contributed by atoms with Gasteiger partial charge in [-0.1, -0.05) is 28.1 Å². The van der Waals surface area contributed by atoms with Gasteiger partial charge in [0.2, 0.25) is 0 Å². The maximum atomic E-state index is 10.8. The Bertz CT molecular complexity index is 471. The molecule has 5 nitrogen and oxygen atoms in total. The number of carboxylic acids is 1. The number of nitro groups is 1. The van der Waals surface area contributed by atoms with Gasteiger partial charge >= 0.3 is 5.97 Å². The lowest BCUT2D eigenvalue weighted by Crippen LogP contribution is -1.99. The maximum Gasteiger partial charge on any atom is 0.335 e. The number of hydrogen-bond donors (Lipinski definition) is 1. The molecule has 0 fully saturated rings. The van der Waals surface area contributed by atoms with Crippen LogP contribution in [0.5, 0.6) is 0 Å². The van der Waals surface area contributed by atoms with Crippen molar-refractivity contribution in [2.75, 3.05) is 5.33 Å². The van der Waals surface area contributed by atoms with Gasteiger partial charge in [0.1, 0.15) is 0 Å². The molecule has 1 N–H and O–H groups in total. The third kappa shape index (κ3) is 3.67. The molecule has 0 saturated heterocycles. The van der Waals surface area contributed by atoms with Crippen LogP contribution in [0.3, 0.4) is 0 Å². The van der Waals surface area contributed by atoms with Crippen LogP contribution >= 0.6 is 15.9 Å². The number of carbonyl (C=O) groups is 1. The summed E-state index contributed by atoms with van der Waals surface area (Å²) in [5.41, 5.74) is 0.117. The maximum absolute atomic E-state index is 10.8. The first-order valence-corrected chi connectivity index (χ1v) is 5.92. The molecule has 1 aromatic rings. The summed E-state index contributed by atoms with van der Waals surface area (Å²) < 4.78 is 0. The first-order chi connectivity index (χ1) is 8.06. The van der Waals surface area contributed by atoms with E-state index in [1.54, 1.807) is 12.2 Å². The number of alkyl halides is 1. The number of rotatable bonds is 5. The molecule has 0 aliphatic carbocycles. The lowest BCUT2D eigenvalue weighted by atomic mass is 10.1. The smallest absolute Gasteiger partial charge is 0.335 e. The van der Waals surface area contributed by atoms with Gasteiger partial charge < -0.3 is 5.11 Å². The molecule has 0 aromatic heterocycles. The molecular weight excluding hydrogens is 290 g/mol. The second-order valence-corrected chi connectivity index (χ2v) is 4.01. The minimum absolute atomic E-state index is 0.0886. The number of carboxylic acid groups (broad SMARTS) is 1. The Morgan fingerprint density at radius 1 is 1.53 bits per heavy atom. The number of halogens is 1. The number of nitrogens with zero attached hydrogens (tertiary/aromatic N) is 1. The Balaban J connectivity index is 3.13. The molecule has 0 aliphatic rings. The Hall–Kier alpha value is -1.69. The highest BCUT2D eigenvalue weighted by molar-refractivity contribution is 9.09. The summed E-state index contributed by atoms with van der Waals surface area (Å²) in [4.78, 5) is 20.9. The predicted octanol–water partition coefficient (Wildman–Crippen LogP) is 3.09. The van der Waals surface area contributed by atoms with Crippen LogP contribution in [0.4, 0.5) is 5.69 Å². The molecular formula is C11H10BrNO4. The van der Waals surface area contributed by atoms with Gasteiger partial charge in [0.25, 0.3) is 5.69 Å². The highest BCUT2D eigenvalue weighted by atomic mass is 79.9. The molecule has 0 bridgehead atoms. The fourth-order valence-electron chi connectivity index (χ4n) is 1.25. The normalized spacial score (nSPS) is 10.6. The van der Waals surface area contributed by atoms with E-state index in [1.165, 1.54) is 12.1 Å². The average Bonchev–Trinajstić information content (AvgIpc) is 2.29. The van der Waals surface area contributed by atoms with Gasteiger partial charge in [-0.25, -0.2) is 4.79 Å². The molecule has 0 unspecified atom stereocenters. The van der Waals surface area contributed by atoms with Crippen LogP contribution in [0.2, 0.25) is 0 Å². The monoisotopic (exact) mass is 299 g/mol. The van der Waals surface area contributed by atoms with Crippen LogP contribution < -0.4 is 0 Å². The Morgan fingerprint density at radius 2 is 2.24 bits per heavy atom. The lowest BCUT2D eigenvalue weighted by molar-refractivity contribution is -0.385. The number of nitro benzene ring substituents is 1. The van der Waals surface area contributed by atoms with Gasteiger partial charge in [0, 0.05) is 11.4 Å². The Kier molecular flexibility index (Phi) is 4.84. The largest absolute Gasteiger partial charge is 0.478 e. The highest BCUT2D eigenvalue weighted by Gasteiger charge is 2.15. The van der Waals surface area contributed by atoms with E-state index in [0.29, 0.717) is 5.56 Å². The summed E-state index contributed by atoms with van der Waals surface area (Å²) in [7, 11) is 0. The standard InChI is InChI=1S/C11H10BrNO4/c12-6-2-1-3-8-4-5-9(11(14)15)7-10(8)13(16)17/h1,3-5,7H,2,6H2,(H,14,15). The van der Waals surface area contributed by atoms with Crippen molar-refractivity contribution in [2.24, 2.45) is 0 Å². The molecule has 0 aliphatic heterocycles. The first-order valence-electron chi connectivity index (χ1n) is 4.80. The minimum Gasteiger partial charge on any atom is -0.478 e. The molecule has 90 valence electrons. The Labute approximate surface area is 106 Å². The van der Waals surface area contributed by atoms with Crippen LogP contribution in [-0.2, 0) is 0 Å². The zero-order chi connectivity index (χ0) is 12.8. The van der Waals surface area contributed by atoms with Gasteiger partial charge in [-0.15, -0.1) is 0 Å². The number of benzene rings is 1. The molecule has 6 heteroatoms. The molecule has 1 aromatic carbocycles. The van der Waals surface area contributed by atoms with E-state index < -0.39 is 10.9 Å². The zero-order valence-electron chi connectivity index (χ0n) is 8.80. The van der Waals surface area contributed by atoms with Crippen LogP contribution in [0.15, 0.2) is 24.3 Å². The molecule has 0 spiro atoms. The first kappa shape index (κ1) is 13.4. The summed E-state index contributed by atoms with van der Waals surface area (Å²) in [6.07, 6.45) is 4.15. The minimum atomic E-state index is -1.18. The van der Waals surface area contributed by atoms with Crippen molar-refractivity contribution in [3.8, 4) is 0 Å². The quantitative estimate of drug-likeness (QED) is 0.515. The number of allylic oxidation sites excluding steroid dienone is 1. The molecule has 0 amide bonds. The van der Waals surface area contributed by atoms with E-state index in [0.717, 1.165) is 17.8 Å². The third-order valence-corrected chi connectivity index (χ3v) is 2.51. The summed E-state index contributed by atoms with van der Waals surface area (Å²) in [5, 5.41) is 20.3. The summed E-state index contributed by atoms with van der Waals surface area (Å²) >= 11 is 3.24. The van der Waals surface area contributed by atoms with Gasteiger partial charge in [-0.05, 0) is 18.6 Å². The summed E-state index contributed by atoms with van der Waals surface area (Å²) in [6, 6.07) is 3.85. The van der Waals surface area contributed by atoms with Crippen molar-refractivity contribution < 1.29 is 14.8 Å². The van der Waals surface area contributed by atoms with Crippen LogP contribution in [-0.4, -0.2) is 21.3 Å². The zero-order valence-corrected chi connectivity index (χ0v) is 10.4. The summed E-state index contributed by atoms with van der Waals surface area (Å²) in [5.74, 6) is -1.18. The van der Waals surface area contributed by atoms with E-state index in [2.05, 4.69) is 15.9 Å². The van der Waals surface area contributed by atoms with Crippen molar-refractivity contribution in [1.82, 2.24) is 0 Å². The van der Waals surface area contributed by atoms with Crippen LogP contribution in [0, 0.1) is 10.1 Å². The molecule has 17 heavy (non-hydrogen) atoms. The average molecular weight is 300 g/mol. The molecule has 0 radical (unpaired) electrons. The van der Waals surface area contributed by atoms with E-state index in [-0.39, 0.29) is 11.3 Å². The third-order valence-electron chi connectivity index (χ3n) is 2.05. The van der Waals surface area contributed by atoms with Gasteiger partial charge in [0.15, 0.2) is 0 Å². The number of aromatic carboxylic acids is 1. The van der Waals surface area contributed by atoms with Crippen molar-refractivity contribution in [3.05, 3.63) is 45.5 Å². The number of hydrogen-bond acceptors (Lipinski definition) is 3. The van der Waals surface area contributed by atoms with E-state index in [1.807, 2.05) is 0 Å². The lowest BCUT2D eigenvalue weighted by Gasteiger charge is -1.99. The van der Waals surface area contributed by atoms with E-state index in [4.69, 9.17) is 5.11 Å². The van der Waals surface area contributed by atoms with E-state index in [9.17, 15) is 14.9 Å². The summed E-state index contributed by atoms with van der Waals surface area (Å²) in [6.45, 7) is 0. The molecule has 0 heterocycles. The van der Waals surface area contributed by atoms with Crippen molar-refractivity contribution in [3.63, 3.8) is 0 Å². The van der Waals surface area contributed by atoms with Crippen LogP contribution in [0.1, 0.15) is 22.3 Å². The van der Waals surface area contributed by atoms with Crippen LogP contribution in [0.25, 0.3) is 6.08 Å². The van der Waals surface area contributed by atoms with E-state index >= 15 is 0 Å². The second kappa shape index (κ2) is 6.15. The van der Waals surface area contributed by atoms with Crippen molar-refractivity contribution in [2.45, 2.75) is 6.42 Å². The highest BCUT2D eigenvalue weighted by Crippen LogP contribution is 2.22. The van der Waals surface area contributed by atoms with Gasteiger partial charge in [-0.2, -0.15) is 0 Å². The van der Waals surface area contributed by atoms with Gasteiger partial charge in [0.05, 0.1) is 16.1 Å². The molecule has 1 rings (SSSR count). The fraction of sp³-hybridized carbons (Fsp3) is 0.182. The second-order valence-electron chi connectivity index (χ2n) is 3.22. The van der Waals surface area contributed by atoms with Gasteiger partial charge in [-0.3, -0.25) is 10.1 Å².